The van der Waals surface area contributed by atoms with Crippen LogP contribution >= 0.6 is 0 Å². The molecule has 9 heteroatoms. The van der Waals surface area contributed by atoms with E-state index in [0.29, 0.717) is 61.3 Å². The minimum absolute atomic E-state index is 0.0758. The zero-order valence-corrected chi connectivity index (χ0v) is 29.4. The summed E-state index contributed by atoms with van der Waals surface area (Å²) in [6.07, 6.45) is 5.09. The molecule has 1 atom stereocenters. The maximum absolute atomic E-state index is 14.2. The highest BCUT2D eigenvalue weighted by Crippen LogP contribution is 2.29. The highest BCUT2D eigenvalue weighted by atomic mass is 16.7. The van der Waals surface area contributed by atoms with E-state index in [9.17, 15) is 19.5 Å². The van der Waals surface area contributed by atoms with E-state index < -0.39 is 17.8 Å². The number of benzene rings is 3. The Morgan fingerprint density at radius 3 is 2.22 bits per heavy atom. The van der Waals surface area contributed by atoms with E-state index >= 15 is 0 Å². The Labute approximate surface area is 290 Å². The summed E-state index contributed by atoms with van der Waals surface area (Å²) in [5.41, 5.74) is 3.79. The number of hydrogen-bond acceptors (Lipinski definition) is 6. The van der Waals surface area contributed by atoms with Crippen LogP contribution in [0, 0.1) is 11.8 Å². The van der Waals surface area contributed by atoms with Gasteiger partial charge in [0, 0.05) is 18.7 Å². The second-order valence-corrected chi connectivity index (χ2v) is 14.8. The summed E-state index contributed by atoms with van der Waals surface area (Å²) < 4.78 is 11.4. The smallest absolute Gasteiger partial charge is 0.410 e. The monoisotopic (exact) mass is 670 g/mol. The Kier molecular flexibility index (Phi) is 11.5. The van der Waals surface area contributed by atoms with Crippen molar-refractivity contribution in [1.82, 2.24) is 9.96 Å². The van der Waals surface area contributed by atoms with Crippen LogP contribution in [0.15, 0.2) is 66.7 Å². The predicted octanol–water partition coefficient (Wildman–Crippen LogP) is 8.01. The van der Waals surface area contributed by atoms with E-state index in [1.54, 1.807) is 53.4 Å². The molecule has 262 valence electrons. The summed E-state index contributed by atoms with van der Waals surface area (Å²) >= 11 is 0. The molecule has 1 fully saturated rings. The molecule has 0 saturated heterocycles. The number of aliphatic carboxylic acids is 1. The molecule has 0 radical (unpaired) electrons. The van der Waals surface area contributed by atoms with Crippen LogP contribution < -0.4 is 9.57 Å². The van der Waals surface area contributed by atoms with Gasteiger partial charge in [0.25, 0.3) is 5.91 Å². The highest BCUT2D eigenvalue weighted by Gasteiger charge is 2.30. The first-order valence-electron chi connectivity index (χ1n) is 17.5. The number of nitrogens with zero attached hydrogens (tertiary/aromatic N) is 2. The number of hydroxylamine groups is 2. The summed E-state index contributed by atoms with van der Waals surface area (Å²) in [6, 6.07) is 20.0. The molecular weight excluding hydrogens is 620 g/mol. The van der Waals surface area contributed by atoms with Gasteiger partial charge >= 0.3 is 12.1 Å². The van der Waals surface area contributed by atoms with Crippen LogP contribution in [0.25, 0.3) is 0 Å². The van der Waals surface area contributed by atoms with Gasteiger partial charge in [-0.15, -0.1) is 0 Å². The predicted molar refractivity (Wildman–Crippen MR) is 188 cm³/mol. The molecule has 0 aromatic heterocycles. The van der Waals surface area contributed by atoms with Crippen LogP contribution in [0.3, 0.4) is 0 Å². The van der Waals surface area contributed by atoms with Gasteiger partial charge in [-0.3, -0.25) is 9.59 Å². The fourth-order valence-electron chi connectivity index (χ4n) is 6.30. The van der Waals surface area contributed by atoms with E-state index in [1.165, 1.54) is 25.7 Å². The van der Waals surface area contributed by atoms with E-state index in [2.05, 4.69) is 20.8 Å². The van der Waals surface area contributed by atoms with Crippen molar-refractivity contribution in [2.75, 3.05) is 26.3 Å². The Bertz CT molecular complexity index is 1590. The standard InChI is InChI=1S/C40H50N2O7/c1-27(2)25-48-39(46)41-21-20-29-10-11-31(22-32(29)23-41)37(43)42(49-35-18-14-33(15-19-35)40(3,4)5)24-36(38(44)45)30-12-16-34(17-13-30)47-26-28-8-6-7-9-28/h10-19,22,27-28,36H,6-9,20-21,23-26H2,1-5H3,(H,44,45). The van der Waals surface area contributed by atoms with Crippen molar-refractivity contribution in [2.24, 2.45) is 11.8 Å². The summed E-state index contributed by atoms with van der Waals surface area (Å²) in [5, 5.41) is 11.5. The average Bonchev–Trinajstić information content (AvgIpc) is 3.61. The molecule has 0 spiro atoms. The lowest BCUT2D eigenvalue weighted by atomic mass is 9.87. The van der Waals surface area contributed by atoms with Gasteiger partial charge in [-0.1, -0.05) is 77.8 Å². The number of carboxylic acid groups (broad SMARTS) is 1. The van der Waals surface area contributed by atoms with Gasteiger partial charge in [0.2, 0.25) is 0 Å². The van der Waals surface area contributed by atoms with Crippen molar-refractivity contribution in [3.05, 3.63) is 94.5 Å². The number of carboxylic acids is 1. The Morgan fingerprint density at radius 1 is 0.918 bits per heavy atom. The van der Waals surface area contributed by atoms with Crippen LogP contribution in [0.4, 0.5) is 4.79 Å². The maximum atomic E-state index is 14.2. The van der Waals surface area contributed by atoms with Crippen molar-refractivity contribution < 1.29 is 33.8 Å². The van der Waals surface area contributed by atoms with Gasteiger partial charge < -0.3 is 24.3 Å². The zero-order chi connectivity index (χ0) is 35.1. The number of ether oxygens (including phenoxy) is 2. The first-order valence-corrected chi connectivity index (χ1v) is 17.5. The number of carbonyl (C=O) groups is 3. The van der Waals surface area contributed by atoms with Crippen LogP contribution in [0.1, 0.15) is 98.8 Å². The molecule has 9 nitrogen and oxygen atoms in total. The van der Waals surface area contributed by atoms with Crippen molar-refractivity contribution in [3.63, 3.8) is 0 Å². The molecule has 1 aliphatic heterocycles. The molecule has 49 heavy (non-hydrogen) atoms. The van der Waals surface area contributed by atoms with Gasteiger partial charge in [0.05, 0.1) is 19.8 Å². The van der Waals surface area contributed by atoms with E-state index in [1.807, 2.05) is 32.0 Å². The lowest BCUT2D eigenvalue weighted by molar-refractivity contribution is -0.141. The second kappa shape index (κ2) is 15.8. The summed E-state index contributed by atoms with van der Waals surface area (Å²) in [7, 11) is 0. The molecule has 1 unspecified atom stereocenters. The minimum Gasteiger partial charge on any atom is -0.493 e. The maximum Gasteiger partial charge on any atom is 0.410 e. The molecular formula is C40H50N2O7. The molecule has 2 amide bonds. The molecule has 1 heterocycles. The summed E-state index contributed by atoms with van der Waals surface area (Å²) in [6.45, 7) is 11.9. The van der Waals surface area contributed by atoms with Gasteiger partial charge in [-0.25, -0.2) is 4.79 Å². The third kappa shape index (κ3) is 9.55. The summed E-state index contributed by atoms with van der Waals surface area (Å²) in [4.78, 5) is 47.4. The molecule has 3 aromatic carbocycles. The fourth-order valence-corrected chi connectivity index (χ4v) is 6.30. The molecule has 1 N–H and O–H groups in total. The molecule has 5 rings (SSSR count). The number of amides is 2. The molecule has 1 aliphatic carbocycles. The van der Waals surface area contributed by atoms with Gasteiger partial charge in [0.1, 0.15) is 11.7 Å². The molecule has 1 saturated carbocycles. The third-order valence-corrected chi connectivity index (χ3v) is 9.32. The second-order valence-electron chi connectivity index (χ2n) is 14.8. The van der Waals surface area contributed by atoms with Crippen LogP contribution in [0.2, 0.25) is 0 Å². The van der Waals surface area contributed by atoms with Gasteiger partial charge in [-0.05, 0) is 95.2 Å². The lowest BCUT2D eigenvalue weighted by Gasteiger charge is -2.29. The minimum atomic E-state index is -1.08. The molecule has 3 aromatic rings. The van der Waals surface area contributed by atoms with Gasteiger partial charge in [-0.2, -0.15) is 5.06 Å². The van der Waals surface area contributed by atoms with E-state index in [0.717, 1.165) is 21.8 Å². The molecule has 2 aliphatic rings. The fraction of sp³-hybridized carbons (Fsp3) is 0.475. The lowest BCUT2D eigenvalue weighted by Crippen LogP contribution is -2.40. The van der Waals surface area contributed by atoms with Gasteiger partial charge in [0.15, 0.2) is 5.75 Å². The van der Waals surface area contributed by atoms with Crippen LogP contribution in [-0.2, 0) is 27.9 Å². The Balaban J connectivity index is 1.38. The third-order valence-electron chi connectivity index (χ3n) is 9.32. The first kappa shape index (κ1) is 35.8. The first-order chi connectivity index (χ1) is 23.4. The largest absolute Gasteiger partial charge is 0.493 e. The van der Waals surface area contributed by atoms with Crippen molar-refractivity contribution in [2.45, 2.75) is 84.6 Å². The highest BCUT2D eigenvalue weighted by molar-refractivity contribution is 5.94. The number of fused-ring (bicyclic) bond motifs is 1. The SMILES string of the molecule is CC(C)COC(=O)N1CCc2ccc(C(=O)N(CC(C(=O)O)c3ccc(OCC4CCCC4)cc3)Oc3ccc(C(C)(C)C)cc3)cc2C1. The number of hydrogen-bond donors (Lipinski definition) is 1. The van der Waals surface area contributed by atoms with E-state index in [-0.39, 0.29) is 24.0 Å². The quantitative estimate of drug-likeness (QED) is 0.195. The van der Waals surface area contributed by atoms with Crippen molar-refractivity contribution in [3.8, 4) is 11.5 Å². The zero-order valence-electron chi connectivity index (χ0n) is 29.4. The van der Waals surface area contributed by atoms with E-state index in [4.69, 9.17) is 14.3 Å². The molecule has 0 bridgehead atoms. The number of rotatable bonds is 12. The topological polar surface area (TPSA) is 106 Å². The Hall–Kier alpha value is -4.53. The van der Waals surface area contributed by atoms with Crippen LogP contribution in [0.5, 0.6) is 11.5 Å². The van der Waals surface area contributed by atoms with Crippen molar-refractivity contribution >= 4 is 18.0 Å². The van der Waals surface area contributed by atoms with Crippen molar-refractivity contribution in [1.29, 1.82) is 0 Å². The van der Waals surface area contributed by atoms with Crippen LogP contribution in [-0.4, -0.2) is 59.3 Å². The number of carbonyl (C=O) groups excluding carboxylic acids is 2. The Morgan fingerprint density at radius 2 is 1.59 bits per heavy atom. The normalized spacial score (nSPS) is 15.4. The average molecular weight is 671 g/mol. The summed E-state index contributed by atoms with van der Waals surface area (Å²) in [5.74, 6) is -0.729.